The third-order valence-corrected chi connectivity index (χ3v) is 6.59. The first-order valence-electron chi connectivity index (χ1n) is 12.0. The van der Waals surface area contributed by atoms with E-state index in [1.54, 1.807) is 6.20 Å². The summed E-state index contributed by atoms with van der Waals surface area (Å²) in [4.78, 5) is 24.1. The molecule has 1 aliphatic rings. The van der Waals surface area contributed by atoms with Crippen LogP contribution >= 0.6 is 0 Å². The second-order valence-corrected chi connectivity index (χ2v) is 9.12. The van der Waals surface area contributed by atoms with Crippen molar-refractivity contribution in [2.75, 3.05) is 13.1 Å². The minimum atomic E-state index is 0.0129. The number of amides is 1. The average Bonchev–Trinajstić information content (AvgIpc) is 3.52. The molecule has 35 heavy (non-hydrogen) atoms. The number of nitrogens with zero attached hydrogens (tertiary/aromatic N) is 5. The van der Waals surface area contributed by atoms with Gasteiger partial charge in [-0.2, -0.15) is 4.98 Å². The minimum Gasteiger partial charge on any atom is -0.352 e. The number of likely N-dealkylation sites (tertiary alicyclic amines) is 1. The largest absolute Gasteiger partial charge is 0.352 e. The van der Waals surface area contributed by atoms with Crippen LogP contribution in [0.2, 0.25) is 0 Å². The fraction of sp³-hybridized carbons (Fsp3) is 0.333. The van der Waals surface area contributed by atoms with Crippen LogP contribution in [0.25, 0.3) is 17.1 Å². The van der Waals surface area contributed by atoms with Gasteiger partial charge >= 0.3 is 0 Å². The normalized spacial score (nSPS) is 14.8. The van der Waals surface area contributed by atoms with Gasteiger partial charge < -0.3 is 14.4 Å². The highest BCUT2D eigenvalue weighted by Gasteiger charge is 2.26. The molecule has 0 spiro atoms. The number of para-hydroxylation sites is 1. The Morgan fingerprint density at radius 3 is 2.71 bits per heavy atom. The fourth-order valence-corrected chi connectivity index (χ4v) is 4.62. The van der Waals surface area contributed by atoms with Crippen molar-refractivity contribution in [2.45, 2.75) is 39.8 Å². The third kappa shape index (κ3) is 5.33. The standard InChI is InChI=1S/C27H30N6O2/c1-19-6-5-8-22(16-19)26-30-25(35-31-26)18-32-13-10-21(11-14-32)27(34)29-17-23-7-3-4-9-24(23)33-15-12-28-20(33)2/h3-9,12,15-16,21H,10-11,13-14,17-18H2,1-2H3,(H,29,34). The van der Waals surface area contributed by atoms with E-state index in [4.69, 9.17) is 4.52 Å². The van der Waals surface area contributed by atoms with Crippen molar-refractivity contribution >= 4 is 5.91 Å². The van der Waals surface area contributed by atoms with Gasteiger partial charge in [-0.05, 0) is 57.5 Å². The molecule has 4 aromatic rings. The molecule has 0 aliphatic carbocycles. The van der Waals surface area contributed by atoms with Crippen LogP contribution in [0.15, 0.2) is 65.4 Å². The van der Waals surface area contributed by atoms with Crippen molar-refractivity contribution in [1.82, 2.24) is 29.9 Å². The van der Waals surface area contributed by atoms with Crippen molar-refractivity contribution in [3.63, 3.8) is 0 Å². The Kier molecular flexibility index (Phi) is 6.72. The van der Waals surface area contributed by atoms with E-state index in [9.17, 15) is 4.79 Å². The van der Waals surface area contributed by atoms with Gasteiger partial charge in [-0.1, -0.05) is 47.1 Å². The number of nitrogens with one attached hydrogen (secondary N) is 1. The number of piperidine rings is 1. The highest BCUT2D eigenvalue weighted by atomic mass is 16.5. The topological polar surface area (TPSA) is 89.1 Å². The Morgan fingerprint density at radius 1 is 1.11 bits per heavy atom. The summed E-state index contributed by atoms with van der Waals surface area (Å²) in [6, 6.07) is 16.2. The summed E-state index contributed by atoms with van der Waals surface area (Å²) in [5, 5.41) is 7.29. The molecule has 0 radical (unpaired) electrons. The predicted octanol–water partition coefficient (Wildman–Crippen LogP) is 4.07. The Labute approximate surface area is 205 Å². The maximum absolute atomic E-state index is 12.9. The Balaban J connectivity index is 1.13. The van der Waals surface area contributed by atoms with Crippen molar-refractivity contribution in [2.24, 2.45) is 5.92 Å². The van der Waals surface area contributed by atoms with Gasteiger partial charge in [0.25, 0.3) is 0 Å². The Bertz CT molecular complexity index is 1300. The summed E-state index contributed by atoms with van der Waals surface area (Å²) in [5.74, 6) is 2.27. The first-order chi connectivity index (χ1) is 17.1. The van der Waals surface area contributed by atoms with Crippen LogP contribution in [0.4, 0.5) is 0 Å². The number of benzene rings is 2. The van der Waals surface area contributed by atoms with E-state index in [-0.39, 0.29) is 11.8 Å². The number of carbonyl (C=O) groups excluding carboxylic acids is 1. The molecule has 1 N–H and O–H groups in total. The number of aryl methyl sites for hydroxylation is 2. The van der Waals surface area contributed by atoms with E-state index in [0.29, 0.717) is 24.8 Å². The quantitative estimate of drug-likeness (QED) is 0.438. The molecular weight excluding hydrogens is 440 g/mol. The molecule has 1 amide bonds. The number of carbonyl (C=O) groups is 1. The lowest BCUT2D eigenvalue weighted by atomic mass is 9.96. The van der Waals surface area contributed by atoms with Crippen LogP contribution in [-0.2, 0) is 17.9 Å². The molecule has 1 fully saturated rings. The lowest BCUT2D eigenvalue weighted by molar-refractivity contribution is -0.126. The van der Waals surface area contributed by atoms with Crippen molar-refractivity contribution < 1.29 is 9.32 Å². The summed E-state index contributed by atoms with van der Waals surface area (Å²) >= 11 is 0. The zero-order chi connectivity index (χ0) is 24.2. The lowest BCUT2D eigenvalue weighted by Crippen LogP contribution is -2.40. The molecule has 8 nitrogen and oxygen atoms in total. The van der Waals surface area contributed by atoms with Gasteiger partial charge in [-0.15, -0.1) is 0 Å². The molecule has 2 aromatic carbocycles. The van der Waals surface area contributed by atoms with Crippen LogP contribution in [0.3, 0.4) is 0 Å². The molecule has 0 bridgehead atoms. The van der Waals surface area contributed by atoms with Gasteiger partial charge in [0.1, 0.15) is 5.82 Å². The van der Waals surface area contributed by atoms with Gasteiger partial charge in [-0.25, -0.2) is 4.98 Å². The summed E-state index contributed by atoms with van der Waals surface area (Å²) in [5.41, 5.74) is 4.23. The zero-order valence-electron chi connectivity index (χ0n) is 20.1. The van der Waals surface area contributed by atoms with E-state index in [2.05, 4.69) is 31.4 Å². The summed E-state index contributed by atoms with van der Waals surface area (Å²) in [7, 11) is 0. The van der Waals surface area contributed by atoms with Gasteiger partial charge in [-0.3, -0.25) is 9.69 Å². The first kappa shape index (κ1) is 23.0. The number of aromatic nitrogens is 4. The van der Waals surface area contributed by atoms with Gasteiger partial charge in [0.15, 0.2) is 0 Å². The monoisotopic (exact) mass is 470 g/mol. The van der Waals surface area contributed by atoms with E-state index in [0.717, 1.165) is 54.1 Å². The van der Waals surface area contributed by atoms with Crippen molar-refractivity contribution in [1.29, 1.82) is 0 Å². The van der Waals surface area contributed by atoms with Crippen molar-refractivity contribution in [3.8, 4) is 17.1 Å². The lowest BCUT2D eigenvalue weighted by Gasteiger charge is -2.30. The molecule has 0 unspecified atom stereocenters. The smallest absolute Gasteiger partial charge is 0.241 e. The summed E-state index contributed by atoms with van der Waals surface area (Å²) in [6.07, 6.45) is 5.36. The van der Waals surface area contributed by atoms with Gasteiger partial charge in [0, 0.05) is 30.4 Å². The predicted molar refractivity (Wildman–Crippen MR) is 133 cm³/mol. The maximum atomic E-state index is 12.9. The Morgan fingerprint density at radius 2 is 1.94 bits per heavy atom. The third-order valence-electron chi connectivity index (χ3n) is 6.59. The molecule has 8 heteroatoms. The van der Waals surface area contributed by atoms with Crippen LogP contribution in [0, 0.1) is 19.8 Å². The van der Waals surface area contributed by atoms with Crippen molar-refractivity contribution in [3.05, 3.63) is 83.8 Å². The fourth-order valence-electron chi connectivity index (χ4n) is 4.62. The van der Waals surface area contributed by atoms with E-state index in [1.807, 2.05) is 67.1 Å². The zero-order valence-corrected chi connectivity index (χ0v) is 20.1. The number of imidazole rings is 1. The Hall–Kier alpha value is -3.78. The molecule has 0 atom stereocenters. The number of rotatable bonds is 7. The van der Waals surface area contributed by atoms with E-state index < -0.39 is 0 Å². The second-order valence-electron chi connectivity index (χ2n) is 9.12. The molecule has 1 aliphatic heterocycles. The maximum Gasteiger partial charge on any atom is 0.241 e. The average molecular weight is 471 g/mol. The summed E-state index contributed by atoms with van der Waals surface area (Å²) in [6.45, 7) is 6.77. The molecule has 3 heterocycles. The molecule has 0 saturated carbocycles. The van der Waals surface area contributed by atoms with E-state index >= 15 is 0 Å². The second kappa shape index (κ2) is 10.2. The highest BCUT2D eigenvalue weighted by molar-refractivity contribution is 5.78. The minimum absolute atomic E-state index is 0.0129. The molecule has 180 valence electrons. The molecule has 5 rings (SSSR count). The van der Waals surface area contributed by atoms with E-state index in [1.165, 1.54) is 0 Å². The van der Waals surface area contributed by atoms with Crippen LogP contribution in [0.1, 0.15) is 35.7 Å². The van der Waals surface area contributed by atoms with Crippen LogP contribution in [0.5, 0.6) is 0 Å². The first-order valence-corrected chi connectivity index (χ1v) is 12.0. The molecule has 2 aromatic heterocycles. The van der Waals surface area contributed by atoms with Gasteiger partial charge in [0.05, 0.1) is 12.2 Å². The number of hydrogen-bond donors (Lipinski definition) is 1. The van der Waals surface area contributed by atoms with Crippen LogP contribution in [-0.4, -0.2) is 43.6 Å². The van der Waals surface area contributed by atoms with Crippen LogP contribution < -0.4 is 5.32 Å². The summed E-state index contributed by atoms with van der Waals surface area (Å²) < 4.78 is 7.53. The van der Waals surface area contributed by atoms with Gasteiger partial charge in [0.2, 0.25) is 17.6 Å². The number of hydrogen-bond acceptors (Lipinski definition) is 6. The SMILES string of the molecule is Cc1cccc(-c2noc(CN3CCC(C(=O)NCc4ccccc4-n4ccnc4C)CC3)n2)c1. The molecule has 1 saturated heterocycles. The highest BCUT2D eigenvalue weighted by Crippen LogP contribution is 2.22. The molecular formula is C27H30N6O2.